The fourth-order valence-corrected chi connectivity index (χ4v) is 1.81. The van der Waals surface area contributed by atoms with Crippen LogP contribution in [-0.4, -0.2) is 11.5 Å². The molecule has 94 valence electrons. The Bertz CT molecular complexity index is 468. The third-order valence-corrected chi connectivity index (χ3v) is 2.84. The molecule has 1 unspecified atom stereocenters. The van der Waals surface area contributed by atoms with Crippen molar-refractivity contribution in [2.24, 2.45) is 5.73 Å². The molecule has 18 heavy (non-hydrogen) atoms. The van der Waals surface area contributed by atoms with Crippen LogP contribution in [0.3, 0.4) is 0 Å². The van der Waals surface area contributed by atoms with Crippen LogP contribution in [0.25, 0.3) is 0 Å². The Morgan fingerprint density at radius 1 is 1.11 bits per heavy atom. The molecule has 0 radical (unpaired) electrons. The molecular formula is C15H18N2O. The van der Waals surface area contributed by atoms with Crippen molar-refractivity contribution in [3.05, 3.63) is 59.9 Å². The predicted octanol–water partition coefficient (Wildman–Crippen LogP) is 2.72. The topological polar surface area (TPSA) is 48.1 Å². The van der Waals surface area contributed by atoms with Crippen LogP contribution < -0.4 is 10.5 Å². The Kier molecular flexibility index (Phi) is 4.31. The number of benzene rings is 1. The van der Waals surface area contributed by atoms with Gasteiger partial charge in [-0.05, 0) is 55.3 Å². The second kappa shape index (κ2) is 6.17. The highest BCUT2D eigenvalue weighted by Crippen LogP contribution is 2.21. The molecule has 0 saturated carbocycles. The average Bonchev–Trinajstić information content (AvgIpc) is 2.42. The summed E-state index contributed by atoms with van der Waals surface area (Å²) in [6.07, 6.45) is 4.48. The lowest BCUT2D eigenvalue weighted by atomic mass is 10.1. The third-order valence-electron chi connectivity index (χ3n) is 2.84. The maximum atomic E-state index is 5.87. The molecule has 0 bridgehead atoms. The van der Waals surface area contributed by atoms with E-state index in [1.165, 1.54) is 5.56 Å². The molecule has 0 aliphatic carbocycles. The van der Waals surface area contributed by atoms with E-state index in [9.17, 15) is 0 Å². The number of nitrogens with two attached hydrogens (primary N) is 1. The van der Waals surface area contributed by atoms with Crippen molar-refractivity contribution in [1.82, 2.24) is 4.98 Å². The number of aromatic nitrogens is 1. The minimum Gasteiger partial charge on any atom is -0.486 e. The normalized spacial score (nSPS) is 12.1. The lowest BCUT2D eigenvalue weighted by Crippen LogP contribution is -2.04. The summed E-state index contributed by atoms with van der Waals surface area (Å²) in [5.41, 5.74) is 7.88. The highest BCUT2D eigenvalue weighted by Gasteiger charge is 2.06. The molecule has 0 spiro atoms. The van der Waals surface area contributed by atoms with Crippen LogP contribution in [0.2, 0.25) is 0 Å². The quantitative estimate of drug-likeness (QED) is 0.877. The molecule has 1 heterocycles. The fraction of sp³-hybridized carbons (Fsp3) is 0.267. The van der Waals surface area contributed by atoms with E-state index in [0.717, 1.165) is 17.7 Å². The van der Waals surface area contributed by atoms with Gasteiger partial charge in [-0.3, -0.25) is 4.98 Å². The van der Waals surface area contributed by atoms with Crippen molar-refractivity contribution in [3.8, 4) is 5.75 Å². The molecule has 2 aromatic rings. The summed E-state index contributed by atoms with van der Waals surface area (Å²) >= 11 is 0. The largest absolute Gasteiger partial charge is 0.486 e. The smallest absolute Gasteiger partial charge is 0.121 e. The summed E-state index contributed by atoms with van der Waals surface area (Å²) in [5, 5.41) is 0. The second-order valence-corrected chi connectivity index (χ2v) is 4.22. The highest BCUT2D eigenvalue weighted by atomic mass is 16.5. The number of nitrogens with zero attached hydrogens (tertiary/aromatic N) is 1. The van der Waals surface area contributed by atoms with Crippen molar-refractivity contribution >= 4 is 0 Å². The van der Waals surface area contributed by atoms with Gasteiger partial charge in [0.2, 0.25) is 0 Å². The molecule has 3 nitrogen and oxygen atoms in total. The minimum atomic E-state index is 0.0216. The predicted molar refractivity (Wildman–Crippen MR) is 72.5 cm³/mol. The molecule has 0 saturated heterocycles. The molecule has 0 aliphatic rings. The number of pyridine rings is 1. The average molecular weight is 242 g/mol. The van der Waals surface area contributed by atoms with Crippen molar-refractivity contribution in [1.29, 1.82) is 0 Å². The molecule has 0 aliphatic heterocycles. The number of ether oxygens (including phenoxy) is 1. The van der Waals surface area contributed by atoms with Crippen LogP contribution in [-0.2, 0) is 6.42 Å². The lowest BCUT2D eigenvalue weighted by molar-refractivity contribution is 0.227. The highest BCUT2D eigenvalue weighted by molar-refractivity contribution is 5.28. The van der Waals surface area contributed by atoms with Gasteiger partial charge in [0.25, 0.3) is 0 Å². The molecule has 2 N–H and O–H groups in total. The SMILES string of the molecule is CC(Oc1ccc(CCN)cc1)c1ccncc1. The first-order valence-electron chi connectivity index (χ1n) is 6.15. The van der Waals surface area contributed by atoms with E-state index in [4.69, 9.17) is 10.5 Å². The van der Waals surface area contributed by atoms with Gasteiger partial charge in [-0.15, -0.1) is 0 Å². The van der Waals surface area contributed by atoms with Crippen molar-refractivity contribution in [3.63, 3.8) is 0 Å². The molecule has 2 rings (SSSR count). The summed E-state index contributed by atoms with van der Waals surface area (Å²) in [6, 6.07) is 12.0. The first-order valence-corrected chi connectivity index (χ1v) is 6.15. The zero-order valence-electron chi connectivity index (χ0n) is 10.5. The van der Waals surface area contributed by atoms with E-state index in [0.29, 0.717) is 6.54 Å². The van der Waals surface area contributed by atoms with Gasteiger partial charge in [0.05, 0.1) is 0 Å². The number of hydrogen-bond acceptors (Lipinski definition) is 3. The van der Waals surface area contributed by atoms with Crippen molar-refractivity contribution < 1.29 is 4.74 Å². The first kappa shape index (κ1) is 12.6. The zero-order valence-corrected chi connectivity index (χ0v) is 10.5. The van der Waals surface area contributed by atoms with E-state index in [1.54, 1.807) is 12.4 Å². The van der Waals surface area contributed by atoms with Gasteiger partial charge in [-0.25, -0.2) is 0 Å². The fourth-order valence-electron chi connectivity index (χ4n) is 1.81. The molecule has 0 amide bonds. The summed E-state index contributed by atoms with van der Waals surface area (Å²) < 4.78 is 5.87. The second-order valence-electron chi connectivity index (χ2n) is 4.22. The van der Waals surface area contributed by atoms with Crippen LogP contribution >= 0.6 is 0 Å². The van der Waals surface area contributed by atoms with Crippen LogP contribution in [0, 0.1) is 0 Å². The van der Waals surface area contributed by atoms with E-state index < -0.39 is 0 Å². The van der Waals surface area contributed by atoms with Gasteiger partial charge in [-0.2, -0.15) is 0 Å². The zero-order chi connectivity index (χ0) is 12.8. The van der Waals surface area contributed by atoms with Gasteiger partial charge >= 0.3 is 0 Å². The van der Waals surface area contributed by atoms with Crippen LogP contribution in [0.5, 0.6) is 5.75 Å². The molecule has 0 fully saturated rings. The number of rotatable bonds is 5. The Morgan fingerprint density at radius 3 is 2.39 bits per heavy atom. The van der Waals surface area contributed by atoms with Gasteiger partial charge in [0.1, 0.15) is 11.9 Å². The Morgan fingerprint density at radius 2 is 1.78 bits per heavy atom. The van der Waals surface area contributed by atoms with E-state index in [-0.39, 0.29) is 6.10 Å². The van der Waals surface area contributed by atoms with Crippen LogP contribution in [0.4, 0.5) is 0 Å². The Hall–Kier alpha value is -1.87. The van der Waals surface area contributed by atoms with Gasteiger partial charge in [-0.1, -0.05) is 12.1 Å². The monoisotopic (exact) mass is 242 g/mol. The van der Waals surface area contributed by atoms with Crippen molar-refractivity contribution in [2.75, 3.05) is 6.54 Å². The minimum absolute atomic E-state index is 0.0216. The Balaban J connectivity index is 2.01. The van der Waals surface area contributed by atoms with E-state index in [2.05, 4.69) is 17.1 Å². The van der Waals surface area contributed by atoms with Crippen LogP contribution in [0.15, 0.2) is 48.8 Å². The molecule has 1 aromatic carbocycles. The maximum Gasteiger partial charge on any atom is 0.121 e. The summed E-state index contributed by atoms with van der Waals surface area (Å²) in [4.78, 5) is 4.00. The lowest BCUT2D eigenvalue weighted by Gasteiger charge is -2.15. The summed E-state index contributed by atoms with van der Waals surface area (Å²) in [5.74, 6) is 0.875. The Labute approximate surface area is 108 Å². The van der Waals surface area contributed by atoms with Crippen molar-refractivity contribution in [2.45, 2.75) is 19.4 Å². The third kappa shape index (κ3) is 3.31. The van der Waals surface area contributed by atoms with E-state index in [1.807, 2.05) is 31.2 Å². The molecule has 1 aromatic heterocycles. The van der Waals surface area contributed by atoms with Gasteiger partial charge in [0.15, 0.2) is 0 Å². The summed E-state index contributed by atoms with van der Waals surface area (Å²) in [7, 11) is 0. The van der Waals surface area contributed by atoms with E-state index >= 15 is 0 Å². The number of hydrogen-bond donors (Lipinski definition) is 1. The standard InChI is InChI=1S/C15H18N2O/c1-12(14-7-10-17-11-8-14)18-15-4-2-13(3-5-15)6-9-16/h2-5,7-8,10-12H,6,9,16H2,1H3. The van der Waals surface area contributed by atoms with Gasteiger partial charge < -0.3 is 10.5 Å². The van der Waals surface area contributed by atoms with Gasteiger partial charge in [0, 0.05) is 12.4 Å². The molecule has 1 atom stereocenters. The molecular weight excluding hydrogens is 224 g/mol. The first-order chi connectivity index (χ1) is 8.79. The maximum absolute atomic E-state index is 5.87. The van der Waals surface area contributed by atoms with Crippen LogP contribution in [0.1, 0.15) is 24.2 Å². The summed E-state index contributed by atoms with van der Waals surface area (Å²) in [6.45, 7) is 2.71. The molecule has 3 heteroatoms.